The molecule has 9 heteroatoms. The Hall–Kier alpha value is -2.06. The van der Waals surface area contributed by atoms with E-state index in [4.69, 9.17) is 5.11 Å². The van der Waals surface area contributed by atoms with E-state index in [2.05, 4.69) is 9.97 Å². The monoisotopic (exact) mass is 304 g/mol. The van der Waals surface area contributed by atoms with Crippen LogP contribution in [0.15, 0.2) is 12.4 Å². The first-order valence-corrected chi connectivity index (χ1v) is 6.35. The SMILES string of the molecule is C[C@@H]1CN(C(=O)O)[C@@H](C)CN1c1ncc(C(F)(F)F)cn1. The van der Waals surface area contributed by atoms with E-state index in [-0.39, 0.29) is 24.6 Å². The van der Waals surface area contributed by atoms with Crippen molar-refractivity contribution in [1.82, 2.24) is 14.9 Å². The lowest BCUT2D eigenvalue weighted by atomic mass is 10.1. The van der Waals surface area contributed by atoms with Gasteiger partial charge in [-0.15, -0.1) is 0 Å². The van der Waals surface area contributed by atoms with Crippen LogP contribution in [0.5, 0.6) is 0 Å². The first-order chi connectivity index (χ1) is 9.70. The molecule has 1 aliphatic rings. The highest BCUT2D eigenvalue weighted by molar-refractivity contribution is 5.66. The summed E-state index contributed by atoms with van der Waals surface area (Å²) in [7, 11) is 0. The topological polar surface area (TPSA) is 69.6 Å². The van der Waals surface area contributed by atoms with E-state index in [1.807, 2.05) is 0 Å². The summed E-state index contributed by atoms with van der Waals surface area (Å²) in [6.45, 7) is 4.10. The number of carboxylic acid groups (broad SMARTS) is 1. The zero-order valence-electron chi connectivity index (χ0n) is 11.5. The molecule has 0 aliphatic carbocycles. The summed E-state index contributed by atoms with van der Waals surface area (Å²) in [5.41, 5.74) is -0.906. The molecule has 21 heavy (non-hydrogen) atoms. The molecule has 1 fully saturated rings. The fourth-order valence-corrected chi connectivity index (χ4v) is 2.29. The third-order valence-electron chi connectivity index (χ3n) is 3.45. The molecule has 1 saturated heterocycles. The van der Waals surface area contributed by atoms with Crippen molar-refractivity contribution in [3.05, 3.63) is 18.0 Å². The molecule has 1 aromatic heterocycles. The van der Waals surface area contributed by atoms with Crippen LogP contribution in [0, 0.1) is 0 Å². The molecule has 0 unspecified atom stereocenters. The highest BCUT2D eigenvalue weighted by Gasteiger charge is 2.35. The van der Waals surface area contributed by atoms with Crippen LogP contribution in [0.2, 0.25) is 0 Å². The molecule has 1 aromatic rings. The summed E-state index contributed by atoms with van der Waals surface area (Å²) in [6.07, 6.45) is -4.01. The standard InChI is InChI=1S/C12H15F3N4O2/c1-7-6-19(11(20)21)8(2)5-18(7)10-16-3-9(4-17-10)12(13,14)15/h3-4,7-8H,5-6H2,1-2H3,(H,20,21)/t7-,8+/m1/s1. The molecule has 0 saturated carbocycles. The predicted molar refractivity (Wildman–Crippen MR) is 68.0 cm³/mol. The summed E-state index contributed by atoms with van der Waals surface area (Å²) >= 11 is 0. The molecule has 0 aromatic carbocycles. The molecule has 1 aliphatic heterocycles. The molecule has 0 bridgehead atoms. The van der Waals surface area contributed by atoms with Gasteiger partial charge in [0.1, 0.15) is 0 Å². The van der Waals surface area contributed by atoms with Crippen LogP contribution in [0.25, 0.3) is 0 Å². The summed E-state index contributed by atoms with van der Waals surface area (Å²) in [4.78, 5) is 21.6. The van der Waals surface area contributed by atoms with Gasteiger partial charge in [0.15, 0.2) is 0 Å². The summed E-state index contributed by atoms with van der Waals surface area (Å²) in [5.74, 6) is 0.174. The van der Waals surface area contributed by atoms with Crippen LogP contribution in [0.3, 0.4) is 0 Å². The van der Waals surface area contributed by atoms with Crippen LogP contribution in [0.4, 0.5) is 23.9 Å². The average Bonchev–Trinajstić information content (AvgIpc) is 2.40. The Bertz CT molecular complexity index is 520. The summed E-state index contributed by atoms with van der Waals surface area (Å²) in [6, 6.07) is -0.501. The number of rotatable bonds is 1. The fraction of sp³-hybridized carbons (Fsp3) is 0.583. The Labute approximate surface area is 119 Å². The Balaban J connectivity index is 2.17. The Kier molecular flexibility index (Phi) is 3.93. The number of amides is 1. The van der Waals surface area contributed by atoms with Crippen LogP contribution in [0.1, 0.15) is 19.4 Å². The van der Waals surface area contributed by atoms with Crippen molar-refractivity contribution in [2.75, 3.05) is 18.0 Å². The van der Waals surface area contributed by atoms with E-state index >= 15 is 0 Å². The number of hydrogen-bond donors (Lipinski definition) is 1. The second-order valence-electron chi connectivity index (χ2n) is 5.05. The van der Waals surface area contributed by atoms with Crippen LogP contribution in [-0.2, 0) is 6.18 Å². The minimum atomic E-state index is -4.47. The summed E-state index contributed by atoms with van der Waals surface area (Å²) < 4.78 is 37.4. The normalized spacial score (nSPS) is 23.3. The van der Waals surface area contributed by atoms with Crippen molar-refractivity contribution >= 4 is 12.0 Å². The first-order valence-electron chi connectivity index (χ1n) is 6.35. The van der Waals surface area contributed by atoms with Gasteiger partial charge in [0.25, 0.3) is 0 Å². The highest BCUT2D eigenvalue weighted by Crippen LogP contribution is 2.29. The molecule has 0 radical (unpaired) electrons. The Morgan fingerprint density at radius 1 is 1.24 bits per heavy atom. The number of anilines is 1. The zero-order valence-corrected chi connectivity index (χ0v) is 11.5. The highest BCUT2D eigenvalue weighted by atomic mass is 19.4. The van der Waals surface area contributed by atoms with Gasteiger partial charge in [-0.2, -0.15) is 13.2 Å². The minimum absolute atomic E-state index is 0.174. The van der Waals surface area contributed by atoms with Gasteiger partial charge in [-0.3, -0.25) is 0 Å². The second-order valence-corrected chi connectivity index (χ2v) is 5.05. The van der Waals surface area contributed by atoms with Crippen molar-refractivity contribution in [1.29, 1.82) is 0 Å². The van der Waals surface area contributed by atoms with Gasteiger partial charge >= 0.3 is 12.3 Å². The predicted octanol–water partition coefficient (Wildman–Crippen LogP) is 2.07. The second kappa shape index (κ2) is 5.38. The smallest absolute Gasteiger partial charge is 0.419 e. The van der Waals surface area contributed by atoms with Gasteiger partial charge in [-0.05, 0) is 13.8 Å². The number of hydrogen-bond acceptors (Lipinski definition) is 4. The minimum Gasteiger partial charge on any atom is -0.465 e. The Morgan fingerprint density at radius 3 is 2.29 bits per heavy atom. The first kappa shape index (κ1) is 15.3. The lowest BCUT2D eigenvalue weighted by Gasteiger charge is -2.42. The zero-order chi connectivity index (χ0) is 15.8. The lowest BCUT2D eigenvalue weighted by molar-refractivity contribution is -0.138. The van der Waals surface area contributed by atoms with E-state index in [9.17, 15) is 18.0 Å². The molecule has 116 valence electrons. The molecular weight excluding hydrogens is 289 g/mol. The number of nitrogens with zero attached hydrogens (tertiary/aromatic N) is 4. The molecular formula is C12H15F3N4O2. The van der Waals surface area contributed by atoms with Crippen LogP contribution >= 0.6 is 0 Å². The maximum atomic E-state index is 12.5. The number of piperazine rings is 1. The molecule has 0 spiro atoms. The van der Waals surface area contributed by atoms with E-state index < -0.39 is 17.8 Å². The molecule has 2 rings (SSSR count). The number of aromatic nitrogens is 2. The van der Waals surface area contributed by atoms with Gasteiger partial charge in [-0.1, -0.05) is 0 Å². The third kappa shape index (κ3) is 3.17. The maximum Gasteiger partial charge on any atom is 0.419 e. The van der Waals surface area contributed by atoms with E-state index in [0.717, 1.165) is 12.4 Å². The number of carbonyl (C=O) groups is 1. The van der Waals surface area contributed by atoms with Crippen molar-refractivity contribution in [2.24, 2.45) is 0 Å². The van der Waals surface area contributed by atoms with Gasteiger partial charge in [0.05, 0.1) is 5.56 Å². The number of halogens is 3. The van der Waals surface area contributed by atoms with Gasteiger partial charge in [0, 0.05) is 37.6 Å². The van der Waals surface area contributed by atoms with Gasteiger partial charge in [0.2, 0.25) is 5.95 Å². The van der Waals surface area contributed by atoms with Gasteiger partial charge < -0.3 is 14.9 Å². The van der Waals surface area contributed by atoms with Crippen LogP contribution < -0.4 is 4.90 Å². The van der Waals surface area contributed by atoms with E-state index in [1.54, 1.807) is 18.7 Å². The van der Waals surface area contributed by atoms with Crippen LogP contribution in [-0.4, -0.2) is 51.2 Å². The van der Waals surface area contributed by atoms with Crippen molar-refractivity contribution in [3.63, 3.8) is 0 Å². The average molecular weight is 304 g/mol. The molecule has 1 amide bonds. The van der Waals surface area contributed by atoms with E-state index in [1.165, 1.54) is 4.90 Å². The largest absolute Gasteiger partial charge is 0.465 e. The van der Waals surface area contributed by atoms with Gasteiger partial charge in [-0.25, -0.2) is 14.8 Å². The maximum absolute atomic E-state index is 12.5. The van der Waals surface area contributed by atoms with Crippen molar-refractivity contribution in [3.8, 4) is 0 Å². The molecule has 2 heterocycles. The quantitative estimate of drug-likeness (QED) is 0.860. The lowest BCUT2D eigenvalue weighted by Crippen LogP contribution is -2.58. The fourth-order valence-electron chi connectivity index (χ4n) is 2.29. The molecule has 2 atom stereocenters. The molecule has 1 N–H and O–H groups in total. The molecule has 6 nitrogen and oxygen atoms in total. The number of alkyl halides is 3. The van der Waals surface area contributed by atoms with Crippen molar-refractivity contribution in [2.45, 2.75) is 32.1 Å². The Morgan fingerprint density at radius 2 is 1.81 bits per heavy atom. The summed E-state index contributed by atoms with van der Waals surface area (Å²) in [5, 5.41) is 9.06. The third-order valence-corrected chi connectivity index (χ3v) is 3.45. The van der Waals surface area contributed by atoms with Crippen molar-refractivity contribution < 1.29 is 23.1 Å². The van der Waals surface area contributed by atoms with E-state index in [0.29, 0.717) is 6.54 Å².